The van der Waals surface area contributed by atoms with Gasteiger partial charge in [-0.15, -0.1) is 0 Å². The molecule has 1 aromatic heterocycles. The molecule has 3 heterocycles. The number of halogens is 3. The average molecular weight is 450 g/mol. The fourth-order valence-electron chi connectivity index (χ4n) is 3.90. The number of rotatable bonds is 6. The van der Waals surface area contributed by atoms with Crippen LogP contribution in [0.3, 0.4) is 0 Å². The summed E-state index contributed by atoms with van der Waals surface area (Å²) in [5.41, 5.74) is 2.23. The minimum Gasteiger partial charge on any atom is -0.478 e. The molecule has 0 saturated carbocycles. The second-order valence-corrected chi connectivity index (χ2v) is 7.77. The Morgan fingerprint density at radius 1 is 1.03 bits per heavy atom. The van der Waals surface area contributed by atoms with Crippen molar-refractivity contribution in [1.29, 1.82) is 0 Å². The van der Waals surface area contributed by atoms with E-state index in [2.05, 4.69) is 15.2 Å². The first kappa shape index (κ1) is 24.0. The number of aryl methyl sites for hydroxylation is 1. The van der Waals surface area contributed by atoms with Gasteiger partial charge < -0.3 is 10.1 Å². The highest BCUT2D eigenvalue weighted by molar-refractivity contribution is 5.92. The van der Waals surface area contributed by atoms with Gasteiger partial charge in [0, 0.05) is 25.6 Å². The van der Waals surface area contributed by atoms with Crippen molar-refractivity contribution in [2.75, 3.05) is 25.0 Å². The van der Waals surface area contributed by atoms with Gasteiger partial charge in [-0.1, -0.05) is 19.9 Å². The van der Waals surface area contributed by atoms with Crippen LogP contribution in [0.1, 0.15) is 55.4 Å². The first-order chi connectivity index (χ1) is 15.4. The molecule has 0 unspecified atom stereocenters. The number of fused-ring (bicyclic) bond motifs is 2. The lowest BCUT2D eigenvalue weighted by molar-refractivity contribution is -0.137. The van der Waals surface area contributed by atoms with Crippen LogP contribution in [0.5, 0.6) is 5.88 Å². The molecule has 1 aromatic carbocycles. The summed E-state index contributed by atoms with van der Waals surface area (Å²) < 4.78 is 44.3. The molecule has 0 radical (unpaired) electrons. The van der Waals surface area contributed by atoms with Gasteiger partial charge in [-0.3, -0.25) is 9.69 Å². The summed E-state index contributed by atoms with van der Waals surface area (Å²) in [6.07, 6.45) is -0.686. The summed E-state index contributed by atoms with van der Waals surface area (Å²) in [6, 6.07) is 7.83. The molecule has 0 saturated heterocycles. The topological polar surface area (TPSA) is 54.5 Å². The van der Waals surface area contributed by atoms with Gasteiger partial charge in [0.15, 0.2) is 0 Å². The molecule has 32 heavy (non-hydrogen) atoms. The van der Waals surface area contributed by atoms with Gasteiger partial charge >= 0.3 is 6.18 Å². The van der Waals surface area contributed by atoms with Gasteiger partial charge in [0.25, 0.3) is 0 Å². The van der Waals surface area contributed by atoms with Gasteiger partial charge in [0.2, 0.25) is 11.8 Å². The molecular weight excluding hydrogens is 419 g/mol. The summed E-state index contributed by atoms with van der Waals surface area (Å²) in [5.74, 6) is 1.07. The Morgan fingerprint density at radius 3 is 2.59 bits per heavy atom. The van der Waals surface area contributed by atoms with Gasteiger partial charge in [0.1, 0.15) is 5.82 Å². The summed E-state index contributed by atoms with van der Waals surface area (Å²) >= 11 is 0. The molecule has 0 atom stereocenters. The van der Waals surface area contributed by atoms with Gasteiger partial charge in [-0.2, -0.15) is 18.2 Å². The lowest BCUT2D eigenvalue weighted by Gasteiger charge is -2.29. The van der Waals surface area contributed by atoms with E-state index in [-0.39, 0.29) is 5.91 Å². The second-order valence-electron chi connectivity index (χ2n) is 7.77. The molecule has 2 aliphatic rings. The van der Waals surface area contributed by atoms with Crippen molar-refractivity contribution >= 4 is 11.7 Å². The van der Waals surface area contributed by atoms with E-state index in [1.54, 1.807) is 6.07 Å². The van der Waals surface area contributed by atoms with Gasteiger partial charge in [-0.05, 0) is 67.1 Å². The number of nitrogens with one attached hydrogen (secondary N) is 1. The number of hydrogen-bond acceptors (Lipinski definition) is 4. The third-order valence-corrected chi connectivity index (χ3v) is 5.58. The third kappa shape index (κ3) is 6.22. The van der Waals surface area contributed by atoms with Crippen LogP contribution in [0.25, 0.3) is 0 Å². The Labute approximate surface area is 187 Å². The Balaban J connectivity index is 0.00000141. The van der Waals surface area contributed by atoms with E-state index >= 15 is 0 Å². The molecule has 5 nitrogen and oxygen atoms in total. The average Bonchev–Trinajstić information content (AvgIpc) is 2.79. The van der Waals surface area contributed by atoms with Gasteiger partial charge in [0.05, 0.1) is 12.2 Å². The van der Waals surface area contributed by atoms with Crippen LogP contribution in [0.2, 0.25) is 0 Å². The molecule has 2 aromatic rings. The maximum absolute atomic E-state index is 12.9. The molecular formula is C24H30F3N3O2. The van der Waals surface area contributed by atoms with Crippen LogP contribution >= 0.6 is 0 Å². The highest BCUT2D eigenvalue weighted by atomic mass is 19.4. The SMILES string of the molecule is CC.O=C1CCc2ccc(OCCCCN3CCc4cc(C(F)(F)F)ccc4C3)nc2N1. The number of benzene rings is 1. The Kier molecular flexibility index (Phi) is 8.12. The zero-order valence-electron chi connectivity index (χ0n) is 18.6. The number of nitrogens with zero attached hydrogens (tertiary/aromatic N) is 2. The van der Waals surface area contributed by atoms with Crippen molar-refractivity contribution in [3.8, 4) is 5.88 Å². The molecule has 2 aliphatic heterocycles. The van der Waals surface area contributed by atoms with Crippen LogP contribution in [-0.4, -0.2) is 35.5 Å². The molecule has 8 heteroatoms. The van der Waals surface area contributed by atoms with E-state index in [1.807, 2.05) is 26.0 Å². The Bertz CT molecular complexity index is 931. The molecule has 0 spiro atoms. The highest BCUT2D eigenvalue weighted by Gasteiger charge is 2.31. The maximum Gasteiger partial charge on any atom is 0.416 e. The number of unbranched alkanes of at least 4 members (excludes halogenated alkanes) is 1. The highest BCUT2D eigenvalue weighted by Crippen LogP contribution is 2.32. The number of hydrogen-bond donors (Lipinski definition) is 1. The number of amides is 1. The smallest absolute Gasteiger partial charge is 0.416 e. The van der Waals surface area contributed by atoms with E-state index in [4.69, 9.17) is 4.74 Å². The van der Waals surface area contributed by atoms with E-state index in [0.29, 0.717) is 44.1 Å². The zero-order valence-corrected chi connectivity index (χ0v) is 18.6. The fourth-order valence-corrected chi connectivity index (χ4v) is 3.90. The summed E-state index contributed by atoms with van der Waals surface area (Å²) in [5, 5.41) is 2.77. The van der Waals surface area contributed by atoms with Gasteiger partial charge in [-0.25, -0.2) is 0 Å². The Hall–Kier alpha value is -2.61. The number of carbonyl (C=O) groups is 1. The molecule has 0 fully saturated rings. The van der Waals surface area contributed by atoms with Crippen LogP contribution in [-0.2, 0) is 30.4 Å². The molecule has 4 rings (SSSR count). The van der Waals surface area contributed by atoms with E-state index in [0.717, 1.165) is 42.6 Å². The van der Waals surface area contributed by atoms with E-state index in [9.17, 15) is 18.0 Å². The molecule has 1 amide bonds. The van der Waals surface area contributed by atoms with Crippen molar-refractivity contribution < 1.29 is 22.7 Å². The number of anilines is 1. The summed E-state index contributed by atoms with van der Waals surface area (Å²) in [4.78, 5) is 18.1. The van der Waals surface area contributed by atoms with Crippen LogP contribution in [0.15, 0.2) is 30.3 Å². The van der Waals surface area contributed by atoms with Crippen LogP contribution < -0.4 is 10.1 Å². The van der Waals surface area contributed by atoms with Crippen molar-refractivity contribution in [1.82, 2.24) is 9.88 Å². The lowest BCUT2D eigenvalue weighted by Crippen LogP contribution is -2.31. The first-order valence-corrected chi connectivity index (χ1v) is 11.2. The number of ether oxygens (including phenoxy) is 1. The summed E-state index contributed by atoms with van der Waals surface area (Å²) in [7, 11) is 0. The minimum atomic E-state index is -4.29. The molecule has 1 N–H and O–H groups in total. The van der Waals surface area contributed by atoms with Crippen molar-refractivity contribution in [3.63, 3.8) is 0 Å². The molecule has 0 aliphatic carbocycles. The predicted molar refractivity (Wildman–Crippen MR) is 118 cm³/mol. The van der Waals surface area contributed by atoms with Crippen molar-refractivity contribution in [2.24, 2.45) is 0 Å². The maximum atomic E-state index is 12.9. The largest absolute Gasteiger partial charge is 0.478 e. The number of pyridine rings is 1. The monoisotopic (exact) mass is 449 g/mol. The quantitative estimate of drug-likeness (QED) is 0.614. The zero-order chi connectivity index (χ0) is 23.1. The van der Waals surface area contributed by atoms with Crippen LogP contribution in [0.4, 0.5) is 19.0 Å². The van der Waals surface area contributed by atoms with Crippen molar-refractivity contribution in [2.45, 2.75) is 58.7 Å². The van der Waals surface area contributed by atoms with Crippen molar-refractivity contribution in [3.05, 3.63) is 52.6 Å². The molecule has 0 bridgehead atoms. The van der Waals surface area contributed by atoms with E-state index < -0.39 is 11.7 Å². The normalized spacial score (nSPS) is 15.7. The Morgan fingerprint density at radius 2 is 1.81 bits per heavy atom. The molecule has 174 valence electrons. The first-order valence-electron chi connectivity index (χ1n) is 11.2. The third-order valence-electron chi connectivity index (χ3n) is 5.58. The van der Waals surface area contributed by atoms with E-state index in [1.165, 1.54) is 12.1 Å². The fraction of sp³-hybridized carbons (Fsp3) is 0.500. The number of carbonyl (C=O) groups excluding carboxylic acids is 1. The number of aromatic nitrogens is 1. The summed E-state index contributed by atoms with van der Waals surface area (Å²) in [6.45, 7) is 6.85. The lowest BCUT2D eigenvalue weighted by atomic mass is 9.97. The second kappa shape index (κ2) is 10.8. The minimum absolute atomic E-state index is 0.0233. The standard InChI is InChI=1S/C22H24F3N3O2.C2H6/c23-22(24,25)18-6-3-17-14-28(11-9-16(17)13-18)10-1-2-12-30-20-8-5-15-4-7-19(29)26-21(15)27-20;1-2/h3,5-6,8,13H,1-2,4,7,9-12,14H2,(H,26,27,29);1-2H3. The predicted octanol–water partition coefficient (Wildman–Crippen LogP) is 5.23. The van der Waals surface area contributed by atoms with Crippen LogP contribution in [0, 0.1) is 0 Å². The number of alkyl halides is 3.